The Hall–Kier alpha value is -3.79. The van der Waals surface area contributed by atoms with Crippen molar-refractivity contribution in [1.29, 1.82) is 0 Å². The molecule has 0 aliphatic rings. The second kappa shape index (κ2) is 15.5. The lowest BCUT2D eigenvalue weighted by Gasteiger charge is -2.32. The molecule has 0 aromatic heterocycles. The number of amides is 3. The summed E-state index contributed by atoms with van der Waals surface area (Å²) in [6.07, 6.45) is 9.98. The summed E-state index contributed by atoms with van der Waals surface area (Å²) in [6, 6.07) is 15.8. The van der Waals surface area contributed by atoms with Gasteiger partial charge in [0.15, 0.2) is 0 Å². The molecular weight excluding hydrogens is 478 g/mol. The lowest BCUT2D eigenvalue weighted by Crippen LogP contribution is -2.48. The fourth-order valence-corrected chi connectivity index (χ4v) is 4.05. The van der Waals surface area contributed by atoms with Crippen LogP contribution in [0.5, 0.6) is 0 Å². The molecule has 38 heavy (non-hydrogen) atoms. The standard InChI is InChI=1S/C31H41N3O4/c1-6-8-9-10-16-21-34(27(35)23-33-30(37)38-31(3,4)5)28(26-20-15-14-19-25(26)7-2)29(36)32-22-24-17-12-11-13-18-24/h2,11-15,17-20,28H,6,8-10,16,21-23H2,1,3-5H3,(H,32,36)(H,33,37). The van der Waals surface area contributed by atoms with E-state index in [4.69, 9.17) is 11.2 Å². The highest BCUT2D eigenvalue weighted by molar-refractivity contribution is 5.91. The molecular formula is C31H41N3O4. The Kier molecular flexibility index (Phi) is 12.4. The predicted molar refractivity (Wildman–Crippen MR) is 150 cm³/mol. The number of ether oxygens (including phenoxy) is 1. The third-order valence-corrected chi connectivity index (χ3v) is 5.89. The summed E-state index contributed by atoms with van der Waals surface area (Å²) in [5, 5.41) is 5.51. The number of carbonyl (C=O) groups excluding carboxylic acids is 3. The lowest BCUT2D eigenvalue weighted by atomic mass is 9.97. The van der Waals surface area contributed by atoms with Crippen molar-refractivity contribution in [2.45, 2.75) is 78.0 Å². The van der Waals surface area contributed by atoms with Crippen LogP contribution >= 0.6 is 0 Å². The van der Waals surface area contributed by atoms with Crippen molar-refractivity contribution in [1.82, 2.24) is 15.5 Å². The highest BCUT2D eigenvalue weighted by Crippen LogP contribution is 2.26. The Balaban J connectivity index is 2.34. The van der Waals surface area contributed by atoms with E-state index in [1.807, 2.05) is 30.3 Å². The van der Waals surface area contributed by atoms with Crippen molar-refractivity contribution in [2.24, 2.45) is 0 Å². The van der Waals surface area contributed by atoms with Gasteiger partial charge in [-0.2, -0.15) is 0 Å². The van der Waals surface area contributed by atoms with Crippen LogP contribution in [-0.4, -0.2) is 41.5 Å². The second-order valence-corrected chi connectivity index (χ2v) is 10.2. The molecule has 0 spiro atoms. The van der Waals surface area contributed by atoms with Gasteiger partial charge in [0.2, 0.25) is 11.8 Å². The number of hydrogen-bond donors (Lipinski definition) is 2. The smallest absolute Gasteiger partial charge is 0.408 e. The number of unbranched alkanes of at least 4 members (excludes halogenated alkanes) is 4. The van der Waals surface area contributed by atoms with Gasteiger partial charge >= 0.3 is 6.09 Å². The first kappa shape index (κ1) is 30.4. The molecule has 0 saturated heterocycles. The van der Waals surface area contributed by atoms with E-state index in [9.17, 15) is 14.4 Å². The zero-order valence-corrected chi connectivity index (χ0v) is 23.1. The summed E-state index contributed by atoms with van der Waals surface area (Å²) >= 11 is 0. The Bertz CT molecular complexity index is 1090. The van der Waals surface area contributed by atoms with Crippen molar-refractivity contribution in [2.75, 3.05) is 13.1 Å². The molecule has 0 aliphatic heterocycles. The zero-order chi connectivity index (χ0) is 28.0. The summed E-state index contributed by atoms with van der Waals surface area (Å²) in [5.41, 5.74) is 1.35. The molecule has 7 nitrogen and oxygen atoms in total. The van der Waals surface area contributed by atoms with Crippen LogP contribution in [-0.2, 0) is 20.9 Å². The average molecular weight is 520 g/mol. The molecule has 204 valence electrons. The van der Waals surface area contributed by atoms with Gasteiger partial charge in [0.25, 0.3) is 0 Å². The maximum atomic E-state index is 13.7. The minimum absolute atomic E-state index is 0.301. The van der Waals surface area contributed by atoms with E-state index in [1.54, 1.807) is 45.0 Å². The van der Waals surface area contributed by atoms with Gasteiger partial charge in [0.1, 0.15) is 18.2 Å². The number of rotatable bonds is 13. The van der Waals surface area contributed by atoms with Crippen molar-refractivity contribution >= 4 is 17.9 Å². The van der Waals surface area contributed by atoms with Gasteiger partial charge in [-0.25, -0.2) is 4.79 Å². The number of carbonyl (C=O) groups is 3. The van der Waals surface area contributed by atoms with E-state index in [1.165, 1.54) is 4.90 Å². The van der Waals surface area contributed by atoms with Crippen molar-refractivity contribution in [3.8, 4) is 12.3 Å². The number of nitrogens with zero attached hydrogens (tertiary/aromatic N) is 1. The monoisotopic (exact) mass is 519 g/mol. The molecule has 2 rings (SSSR count). The van der Waals surface area contributed by atoms with Crippen LogP contribution in [0.1, 0.15) is 82.5 Å². The maximum absolute atomic E-state index is 13.7. The average Bonchev–Trinajstić information content (AvgIpc) is 2.89. The summed E-state index contributed by atoms with van der Waals surface area (Å²) in [4.78, 5) is 41.0. The quantitative estimate of drug-likeness (QED) is 0.276. The lowest BCUT2D eigenvalue weighted by molar-refractivity contribution is -0.140. The molecule has 0 fully saturated rings. The Morgan fingerprint density at radius 1 is 0.947 bits per heavy atom. The van der Waals surface area contributed by atoms with Gasteiger partial charge in [-0.05, 0) is 44.4 Å². The highest BCUT2D eigenvalue weighted by Gasteiger charge is 2.32. The van der Waals surface area contributed by atoms with Crippen LogP contribution < -0.4 is 10.6 Å². The van der Waals surface area contributed by atoms with E-state index >= 15 is 0 Å². The summed E-state index contributed by atoms with van der Waals surface area (Å²) in [7, 11) is 0. The minimum atomic E-state index is -0.954. The molecule has 0 aliphatic carbocycles. The number of benzene rings is 2. The first-order valence-corrected chi connectivity index (χ1v) is 13.3. The number of nitrogens with one attached hydrogen (secondary N) is 2. The summed E-state index contributed by atoms with van der Waals surface area (Å²) < 4.78 is 5.28. The third-order valence-electron chi connectivity index (χ3n) is 5.89. The molecule has 2 N–H and O–H groups in total. The Morgan fingerprint density at radius 3 is 2.26 bits per heavy atom. The van der Waals surface area contributed by atoms with Gasteiger partial charge in [0.05, 0.1) is 0 Å². The molecule has 2 aromatic carbocycles. The van der Waals surface area contributed by atoms with Gasteiger partial charge in [-0.15, -0.1) is 6.42 Å². The van der Waals surface area contributed by atoms with E-state index in [-0.39, 0.29) is 12.5 Å². The molecule has 3 amide bonds. The second-order valence-electron chi connectivity index (χ2n) is 10.2. The first-order valence-electron chi connectivity index (χ1n) is 13.3. The Morgan fingerprint density at radius 2 is 1.61 bits per heavy atom. The van der Waals surface area contributed by atoms with Crippen LogP contribution in [0.15, 0.2) is 54.6 Å². The van der Waals surface area contributed by atoms with Crippen molar-refractivity contribution in [3.05, 3.63) is 71.3 Å². The van der Waals surface area contributed by atoms with E-state index < -0.39 is 23.6 Å². The number of terminal acetylenes is 1. The van der Waals surface area contributed by atoms with Crippen molar-refractivity contribution in [3.63, 3.8) is 0 Å². The maximum Gasteiger partial charge on any atom is 0.408 e. The van der Waals surface area contributed by atoms with E-state index in [2.05, 4.69) is 23.5 Å². The summed E-state index contributed by atoms with van der Waals surface area (Å²) in [6.45, 7) is 7.75. The molecule has 0 bridgehead atoms. The van der Waals surface area contributed by atoms with Crippen LogP contribution in [0.2, 0.25) is 0 Å². The number of hydrogen-bond acceptors (Lipinski definition) is 4. The Labute approximate surface area is 227 Å². The summed E-state index contributed by atoms with van der Waals surface area (Å²) in [5.74, 6) is 1.92. The SMILES string of the molecule is C#Cc1ccccc1C(C(=O)NCc1ccccc1)N(CCCCCCC)C(=O)CNC(=O)OC(C)(C)C. The first-order chi connectivity index (χ1) is 18.2. The molecule has 1 atom stereocenters. The molecule has 0 saturated carbocycles. The van der Waals surface area contributed by atoms with Crippen LogP contribution in [0.4, 0.5) is 4.79 Å². The van der Waals surface area contributed by atoms with E-state index in [0.717, 1.165) is 37.7 Å². The zero-order valence-electron chi connectivity index (χ0n) is 23.1. The molecule has 7 heteroatoms. The highest BCUT2D eigenvalue weighted by atomic mass is 16.6. The van der Waals surface area contributed by atoms with Crippen LogP contribution in [0.25, 0.3) is 0 Å². The topological polar surface area (TPSA) is 87.7 Å². The molecule has 2 aromatic rings. The largest absolute Gasteiger partial charge is 0.444 e. The molecule has 1 unspecified atom stereocenters. The van der Waals surface area contributed by atoms with Gasteiger partial charge in [-0.3, -0.25) is 9.59 Å². The predicted octanol–water partition coefficient (Wildman–Crippen LogP) is 5.35. The fraction of sp³-hybridized carbons (Fsp3) is 0.452. The molecule has 0 heterocycles. The minimum Gasteiger partial charge on any atom is -0.444 e. The fourth-order valence-electron chi connectivity index (χ4n) is 4.05. The van der Waals surface area contributed by atoms with Crippen molar-refractivity contribution < 1.29 is 19.1 Å². The normalized spacial score (nSPS) is 11.7. The van der Waals surface area contributed by atoms with Gasteiger partial charge < -0.3 is 20.3 Å². The van der Waals surface area contributed by atoms with Crippen LogP contribution in [0.3, 0.4) is 0 Å². The van der Waals surface area contributed by atoms with E-state index in [0.29, 0.717) is 24.2 Å². The number of alkyl carbamates (subject to hydrolysis) is 1. The van der Waals surface area contributed by atoms with Gasteiger partial charge in [-0.1, -0.05) is 87.1 Å². The third kappa shape index (κ3) is 10.3. The molecule has 0 radical (unpaired) electrons. The van der Waals surface area contributed by atoms with Gasteiger partial charge in [0, 0.05) is 18.7 Å². The van der Waals surface area contributed by atoms with Crippen LogP contribution in [0, 0.1) is 12.3 Å².